The van der Waals surface area contributed by atoms with Gasteiger partial charge in [0.15, 0.2) is 63.3 Å². The van der Waals surface area contributed by atoms with Crippen LogP contribution in [0.5, 0.6) is 46.0 Å². The molecule has 21 heteroatoms. The quantitative estimate of drug-likeness (QED) is 0.0358. The monoisotopic (exact) mass is 1210 g/mol. The molecule has 446 valence electrons. The highest BCUT2D eigenvalue weighted by molar-refractivity contribution is 7.80. The van der Waals surface area contributed by atoms with Crippen molar-refractivity contribution >= 4 is 63.9 Å². The van der Waals surface area contributed by atoms with Crippen molar-refractivity contribution in [1.29, 1.82) is 0 Å². The van der Waals surface area contributed by atoms with Crippen molar-refractivity contribution in [3.63, 3.8) is 0 Å². The van der Waals surface area contributed by atoms with E-state index in [0.717, 1.165) is 73.6 Å². The molecule has 4 aromatic carbocycles. The summed E-state index contributed by atoms with van der Waals surface area (Å²) in [6, 6.07) is 35.4. The topological polar surface area (TPSA) is 247 Å². The number of nitrogens with two attached hydrogens (primary N) is 1. The van der Waals surface area contributed by atoms with E-state index < -0.39 is 11.8 Å². The number of carbonyl (C=O) groups excluding carboxylic acids is 3. The van der Waals surface area contributed by atoms with Gasteiger partial charge < -0.3 is 54.2 Å². The molecule has 87 heavy (non-hydrogen) atoms. The zero-order valence-corrected chi connectivity index (χ0v) is 49.7. The van der Waals surface area contributed by atoms with Gasteiger partial charge in [-0.1, -0.05) is 23.4 Å². The van der Waals surface area contributed by atoms with Crippen LogP contribution in [-0.2, 0) is 6.42 Å². The fourth-order valence-electron chi connectivity index (χ4n) is 9.69. The molecule has 4 N–H and O–H groups in total. The number of nitrogens with one attached hydrogen (secondary N) is 1. The number of hydrogen-bond acceptors (Lipinski definition) is 19. The molecule has 1 unspecified atom stereocenters. The maximum atomic E-state index is 12.6. The van der Waals surface area contributed by atoms with Crippen LogP contribution in [0.3, 0.4) is 0 Å². The van der Waals surface area contributed by atoms with Gasteiger partial charge in [-0.25, -0.2) is 0 Å². The van der Waals surface area contributed by atoms with Gasteiger partial charge in [0.25, 0.3) is 0 Å². The summed E-state index contributed by atoms with van der Waals surface area (Å²) in [5.74, 6) is 4.82. The maximum absolute atomic E-state index is 12.6. The van der Waals surface area contributed by atoms with Crippen molar-refractivity contribution in [3.05, 3.63) is 213 Å². The standard InChI is InChI=1S/C18H16N2O2S.C16H14N2O4.C16H16N2O3.C16H15NO3.ClH/c1-11-8-13(4-5-19-11)18-14(10-17(23)20-18)12-2-3-15-16(9-12)22-7-6-21-15;1-10-8-11(4-5-17-10)15(18-20)16(19)12-2-3-13-14(9-12)22-7-6-21-13;1-10-8-11(4-5-18-10)15(17)16(19)12-2-3-13-14(9-12)21-7-6-20-13;1-11-8-12(4-5-17-11)9-14(18)13-2-3-15-16(10-13)20-7-6-19-15;/h2-5,8-9H,6-7,10H2,1H3,(H,20,23);2-5,8-9,20H,6-7H2,1H3;2-5,8-9,15H,6-7,17H2,1H3;2-5,8,10H,6-7,9H2,1H3;1H/b;18-15+;;;. The highest BCUT2D eigenvalue weighted by Gasteiger charge is 2.26. The van der Waals surface area contributed by atoms with Crippen molar-refractivity contribution in [2.75, 3.05) is 52.9 Å². The third-order valence-electron chi connectivity index (χ3n) is 13.8. The number of carbonyl (C=O) groups is 3. The highest BCUT2D eigenvalue weighted by atomic mass is 35.5. The number of rotatable bonds is 11. The third-order valence-corrected chi connectivity index (χ3v) is 14.1. The van der Waals surface area contributed by atoms with Gasteiger partial charge in [0, 0.05) is 88.2 Å². The van der Waals surface area contributed by atoms with Gasteiger partial charge >= 0.3 is 0 Å². The van der Waals surface area contributed by atoms with E-state index in [9.17, 15) is 19.6 Å². The number of pyridine rings is 4. The van der Waals surface area contributed by atoms with E-state index in [1.807, 2.05) is 63.4 Å². The summed E-state index contributed by atoms with van der Waals surface area (Å²) in [6.07, 6.45) is 7.85. The zero-order chi connectivity index (χ0) is 60.1. The Bertz CT molecular complexity index is 3930. The lowest BCUT2D eigenvalue weighted by Gasteiger charge is -2.19. The van der Waals surface area contributed by atoms with Crippen LogP contribution in [0.25, 0.3) is 11.3 Å². The Labute approximate surface area is 513 Å². The molecule has 0 fully saturated rings. The minimum atomic E-state index is -0.714. The second-order valence-electron chi connectivity index (χ2n) is 20.1. The molecule has 13 rings (SSSR count). The molecule has 1 atom stereocenters. The number of thiocarbonyl (C=S) groups is 1. The smallest absolute Gasteiger partial charge is 0.215 e. The molecule has 0 amide bonds. The fourth-order valence-corrected chi connectivity index (χ4v) is 9.93. The van der Waals surface area contributed by atoms with Crippen LogP contribution >= 0.6 is 24.6 Å². The first-order valence-corrected chi connectivity index (χ1v) is 28.1. The van der Waals surface area contributed by atoms with E-state index in [4.69, 9.17) is 55.8 Å². The van der Waals surface area contributed by atoms with Gasteiger partial charge in [0.2, 0.25) is 5.78 Å². The summed E-state index contributed by atoms with van der Waals surface area (Å²) in [6.45, 7) is 11.8. The number of Topliss-reactive ketones (excluding diaryl/α,β-unsaturated/α-hetero) is 3. The minimum absolute atomic E-state index is 0. The van der Waals surface area contributed by atoms with E-state index >= 15 is 0 Å². The summed E-state index contributed by atoms with van der Waals surface area (Å²) in [5.41, 5.74) is 17.7. The molecule has 0 aliphatic carbocycles. The number of aromatic nitrogens is 4. The summed E-state index contributed by atoms with van der Waals surface area (Å²) in [7, 11) is 0. The second kappa shape index (κ2) is 28.9. The van der Waals surface area contributed by atoms with Crippen molar-refractivity contribution < 1.29 is 57.5 Å². The first kappa shape index (κ1) is 61.8. The normalized spacial score (nSPS) is 14.4. The van der Waals surface area contributed by atoms with E-state index in [1.165, 1.54) is 5.57 Å². The van der Waals surface area contributed by atoms with Crippen molar-refractivity contribution in [2.24, 2.45) is 10.9 Å². The van der Waals surface area contributed by atoms with Gasteiger partial charge in [-0.05, 0) is 165 Å². The predicted molar refractivity (Wildman–Crippen MR) is 332 cm³/mol. The third kappa shape index (κ3) is 15.6. The van der Waals surface area contributed by atoms with E-state index in [0.29, 0.717) is 116 Å². The Hall–Kier alpha value is -9.76. The fraction of sp³-hybridized carbons (Fsp3) is 0.227. The largest absolute Gasteiger partial charge is 0.486 e. The SMILES string of the molecule is Cc1cc(/C(=N\O)C(=O)c2ccc3c(c2)OCCO3)ccn1.Cc1cc(C(N)C(=O)c2ccc3c(c2)OCCO3)ccn1.Cc1cc(C2=C(c3ccc4c(c3)OCCO4)CC(=S)N2)ccn1.Cc1cc(CC(=O)c2ccc3c(c2)OCCO3)ccn1.Cl. The van der Waals surface area contributed by atoms with Gasteiger partial charge in [-0.15, -0.1) is 12.4 Å². The van der Waals surface area contributed by atoms with Gasteiger partial charge in [-0.3, -0.25) is 34.3 Å². The zero-order valence-electron chi connectivity index (χ0n) is 48.1. The molecule has 0 saturated carbocycles. The molecule has 5 aliphatic heterocycles. The van der Waals surface area contributed by atoms with Crippen LogP contribution in [0.2, 0.25) is 0 Å². The summed E-state index contributed by atoms with van der Waals surface area (Å²) >= 11 is 5.40. The summed E-state index contributed by atoms with van der Waals surface area (Å²) in [4.78, 5) is 54.8. The Kier molecular flexibility index (Phi) is 20.5. The molecular formula is C66H62ClN7O12S. The van der Waals surface area contributed by atoms with Gasteiger partial charge in [0.1, 0.15) is 52.9 Å². The van der Waals surface area contributed by atoms with Crippen molar-refractivity contribution in [2.45, 2.75) is 46.6 Å². The molecular weight excluding hydrogens is 1150 g/mol. The average Bonchev–Trinajstić information content (AvgIpc) is 3.49. The molecule has 0 saturated heterocycles. The molecule has 0 radical (unpaired) electrons. The van der Waals surface area contributed by atoms with E-state index in [-0.39, 0.29) is 29.7 Å². The number of ketones is 3. The lowest BCUT2D eigenvalue weighted by atomic mass is 9.98. The van der Waals surface area contributed by atoms with Crippen molar-refractivity contribution in [1.82, 2.24) is 25.3 Å². The Morgan fingerprint density at radius 1 is 0.517 bits per heavy atom. The molecule has 19 nitrogen and oxygen atoms in total. The van der Waals surface area contributed by atoms with Crippen LogP contribution in [0.4, 0.5) is 0 Å². The molecule has 8 aromatic rings. The van der Waals surface area contributed by atoms with Gasteiger partial charge in [0.05, 0.1) is 16.7 Å². The van der Waals surface area contributed by atoms with Crippen molar-refractivity contribution in [3.8, 4) is 46.0 Å². The number of oxime groups is 1. The molecule has 4 aromatic heterocycles. The maximum Gasteiger partial charge on any atom is 0.215 e. The van der Waals surface area contributed by atoms with Gasteiger partial charge in [-0.2, -0.15) is 0 Å². The van der Waals surface area contributed by atoms with Crippen LogP contribution in [0.15, 0.2) is 151 Å². The highest BCUT2D eigenvalue weighted by Crippen LogP contribution is 2.39. The van der Waals surface area contributed by atoms with E-state index in [1.54, 1.807) is 98.3 Å². The predicted octanol–water partition coefficient (Wildman–Crippen LogP) is 10.6. The van der Waals surface area contributed by atoms with Crippen LogP contribution in [0, 0.1) is 27.7 Å². The molecule has 5 aliphatic rings. The number of benzene rings is 4. The number of nitrogens with zero attached hydrogens (tertiary/aromatic N) is 5. The number of ether oxygens (including phenoxy) is 8. The minimum Gasteiger partial charge on any atom is -0.486 e. The Balaban J connectivity index is 0.000000138. The summed E-state index contributed by atoms with van der Waals surface area (Å²) in [5, 5.41) is 15.7. The van der Waals surface area contributed by atoms with Crippen LogP contribution < -0.4 is 48.9 Å². The Morgan fingerprint density at radius 3 is 1.53 bits per heavy atom. The molecule has 9 heterocycles. The van der Waals surface area contributed by atoms with E-state index in [2.05, 4.69) is 42.5 Å². The number of aryl methyl sites for hydroxylation is 4. The second-order valence-corrected chi connectivity index (χ2v) is 20.6. The lowest BCUT2D eigenvalue weighted by molar-refractivity contribution is 0.0958. The average molecular weight is 1210 g/mol. The number of halogens is 1. The molecule has 0 bridgehead atoms. The van der Waals surface area contributed by atoms with Crippen LogP contribution in [0.1, 0.15) is 94.1 Å². The number of fused-ring (bicyclic) bond motifs is 4. The first-order valence-electron chi connectivity index (χ1n) is 27.7. The lowest BCUT2D eigenvalue weighted by Crippen LogP contribution is -2.22. The summed E-state index contributed by atoms with van der Waals surface area (Å²) < 4.78 is 44.1. The number of hydrogen-bond donors (Lipinski definition) is 3. The Morgan fingerprint density at radius 2 is 0.977 bits per heavy atom. The van der Waals surface area contributed by atoms with Crippen LogP contribution in [-0.4, -0.2) is 106 Å². The first-order chi connectivity index (χ1) is 41.8. The molecule has 0 spiro atoms.